The Bertz CT molecular complexity index is 330. The third-order valence-electron chi connectivity index (χ3n) is 2.72. The Morgan fingerprint density at radius 1 is 1.67 bits per heavy atom. The Labute approximate surface area is 85.6 Å². The molecule has 2 aliphatic rings. The maximum Gasteiger partial charge on any atom is 0.353 e. The average molecular weight is 213 g/mol. The fourth-order valence-electron chi connectivity index (χ4n) is 2.00. The molecule has 15 heavy (non-hydrogen) atoms. The second-order valence-corrected chi connectivity index (χ2v) is 3.87. The summed E-state index contributed by atoms with van der Waals surface area (Å²) in [5.74, 6) is -1.07. The van der Waals surface area contributed by atoms with Crippen molar-refractivity contribution in [2.24, 2.45) is 10.4 Å². The van der Waals surface area contributed by atoms with E-state index in [1.165, 1.54) is 5.01 Å². The first-order chi connectivity index (χ1) is 7.15. The van der Waals surface area contributed by atoms with Gasteiger partial charge in [0, 0.05) is 13.0 Å². The molecule has 2 rings (SSSR count). The molecule has 0 radical (unpaired) electrons. The molecule has 7 nitrogen and oxygen atoms in total. The number of carbonyl (C=O) groups is 1. The van der Waals surface area contributed by atoms with Crippen molar-refractivity contribution < 1.29 is 14.7 Å². The normalized spacial score (nSPS) is 29.9. The molecule has 2 heterocycles. The largest absolute Gasteiger partial charge is 0.477 e. The summed E-state index contributed by atoms with van der Waals surface area (Å²) in [6, 6.07) is 0. The molecule has 0 aromatic rings. The van der Waals surface area contributed by atoms with Gasteiger partial charge in [-0.25, -0.2) is 4.79 Å². The van der Waals surface area contributed by atoms with Crippen LogP contribution in [0.4, 0.5) is 0 Å². The van der Waals surface area contributed by atoms with Crippen molar-refractivity contribution in [2.75, 3.05) is 13.1 Å². The molecule has 0 aromatic carbocycles. The molecule has 1 saturated heterocycles. The Balaban J connectivity index is 2.05. The Kier molecular flexibility index (Phi) is 2.29. The average Bonchev–Trinajstić information content (AvgIpc) is 2.62. The first kappa shape index (κ1) is 9.88. The van der Waals surface area contributed by atoms with E-state index in [0.717, 1.165) is 6.42 Å². The summed E-state index contributed by atoms with van der Waals surface area (Å²) in [5, 5.41) is 16.5. The number of aliphatic carboxylic acids is 1. The van der Waals surface area contributed by atoms with Gasteiger partial charge in [-0.3, -0.25) is 5.01 Å². The van der Waals surface area contributed by atoms with Gasteiger partial charge in [-0.2, -0.15) is 0 Å². The number of hydrogen-bond acceptors (Lipinski definition) is 5. The predicted octanol–water partition coefficient (Wildman–Crippen LogP) is 0.363. The van der Waals surface area contributed by atoms with Gasteiger partial charge >= 0.3 is 5.97 Å². The van der Waals surface area contributed by atoms with Crippen molar-refractivity contribution in [3.63, 3.8) is 0 Å². The Hall–Kier alpha value is -1.66. The molecule has 1 unspecified atom stereocenters. The molecule has 82 valence electrons. The topological polar surface area (TPSA) is 91.6 Å². The van der Waals surface area contributed by atoms with Crippen LogP contribution in [-0.2, 0) is 9.63 Å². The summed E-state index contributed by atoms with van der Waals surface area (Å²) in [5.41, 5.74) is -0.636. The second-order valence-electron chi connectivity index (χ2n) is 3.87. The first-order valence-corrected chi connectivity index (χ1v) is 4.72. The molecule has 2 aliphatic heterocycles. The van der Waals surface area contributed by atoms with Crippen LogP contribution in [0.3, 0.4) is 0 Å². The number of carboxylic acid groups (broad SMARTS) is 1. The first-order valence-electron chi connectivity index (χ1n) is 4.72. The van der Waals surface area contributed by atoms with Crippen LogP contribution in [0.15, 0.2) is 10.4 Å². The van der Waals surface area contributed by atoms with E-state index in [1.807, 2.05) is 0 Å². The van der Waals surface area contributed by atoms with Gasteiger partial charge in [-0.05, 0) is 12.8 Å². The summed E-state index contributed by atoms with van der Waals surface area (Å²) < 4.78 is 0. The number of piperidine rings is 1. The molecule has 0 amide bonds. The molecule has 1 N–H and O–H groups in total. The zero-order valence-electron chi connectivity index (χ0n) is 8.05. The quantitative estimate of drug-likeness (QED) is 0.669. The highest BCUT2D eigenvalue weighted by molar-refractivity contribution is 6.36. The van der Waals surface area contributed by atoms with E-state index in [-0.39, 0.29) is 12.1 Å². The highest BCUT2D eigenvalue weighted by Gasteiger charge is 2.44. The molecule has 1 spiro atoms. The van der Waals surface area contributed by atoms with Crippen LogP contribution in [0.5, 0.6) is 0 Å². The van der Waals surface area contributed by atoms with Crippen molar-refractivity contribution in [3.05, 3.63) is 4.91 Å². The van der Waals surface area contributed by atoms with E-state index in [2.05, 4.69) is 10.4 Å². The monoisotopic (exact) mass is 213 g/mol. The molecular formula is C8H11N3O4. The molecule has 0 bridgehead atoms. The van der Waals surface area contributed by atoms with Crippen molar-refractivity contribution >= 4 is 11.7 Å². The third-order valence-corrected chi connectivity index (χ3v) is 2.72. The Morgan fingerprint density at radius 2 is 2.47 bits per heavy atom. The van der Waals surface area contributed by atoms with Gasteiger partial charge in [0.05, 0.1) is 11.8 Å². The minimum Gasteiger partial charge on any atom is -0.477 e. The van der Waals surface area contributed by atoms with E-state index in [4.69, 9.17) is 9.94 Å². The van der Waals surface area contributed by atoms with E-state index in [9.17, 15) is 9.70 Å². The molecule has 0 aromatic heterocycles. The smallest absolute Gasteiger partial charge is 0.353 e. The van der Waals surface area contributed by atoms with Crippen molar-refractivity contribution in [2.45, 2.75) is 24.9 Å². The lowest BCUT2D eigenvalue weighted by molar-refractivity contribution is -0.129. The summed E-state index contributed by atoms with van der Waals surface area (Å²) in [7, 11) is 0. The lowest BCUT2D eigenvalue weighted by Crippen LogP contribution is -2.46. The van der Waals surface area contributed by atoms with Crippen LogP contribution >= 0.6 is 0 Å². The SMILES string of the molecule is O=NN1CCCC2(CC(C(=O)O)=NO2)C1. The number of nitrogens with zero attached hydrogens (tertiary/aromatic N) is 3. The standard InChI is InChI=1S/C8H11N3O4/c12-7(13)6-4-8(15-9-6)2-1-3-11(5-8)10-14/h1-5H2,(H,12,13). The minimum absolute atomic E-state index is 0.0164. The van der Waals surface area contributed by atoms with Gasteiger partial charge in [0.25, 0.3) is 0 Å². The maximum atomic E-state index is 10.7. The second kappa shape index (κ2) is 3.48. The van der Waals surface area contributed by atoms with E-state index in [0.29, 0.717) is 19.5 Å². The molecular weight excluding hydrogens is 202 g/mol. The Morgan fingerprint density at radius 3 is 3.07 bits per heavy atom. The van der Waals surface area contributed by atoms with Crippen LogP contribution in [0.1, 0.15) is 19.3 Å². The summed E-state index contributed by atoms with van der Waals surface area (Å²) in [6.45, 7) is 0.911. The predicted molar refractivity (Wildman–Crippen MR) is 50.1 cm³/mol. The summed E-state index contributed by atoms with van der Waals surface area (Å²) in [4.78, 5) is 26.2. The van der Waals surface area contributed by atoms with Crippen LogP contribution in [0.25, 0.3) is 0 Å². The third kappa shape index (κ3) is 1.77. The summed E-state index contributed by atoms with van der Waals surface area (Å²) in [6.07, 6.45) is 1.71. The van der Waals surface area contributed by atoms with Gasteiger partial charge in [0.15, 0.2) is 11.3 Å². The highest BCUT2D eigenvalue weighted by atomic mass is 16.7. The van der Waals surface area contributed by atoms with Crippen LogP contribution in [0, 0.1) is 4.91 Å². The van der Waals surface area contributed by atoms with E-state index >= 15 is 0 Å². The van der Waals surface area contributed by atoms with E-state index in [1.54, 1.807) is 0 Å². The van der Waals surface area contributed by atoms with Crippen molar-refractivity contribution in [1.29, 1.82) is 0 Å². The lowest BCUT2D eigenvalue weighted by atomic mass is 9.89. The number of nitroso groups, excluding NO2 is 1. The molecule has 1 atom stereocenters. The fourth-order valence-corrected chi connectivity index (χ4v) is 2.00. The van der Waals surface area contributed by atoms with Gasteiger partial charge in [-0.1, -0.05) is 5.16 Å². The molecule has 0 saturated carbocycles. The van der Waals surface area contributed by atoms with Crippen molar-refractivity contribution in [1.82, 2.24) is 5.01 Å². The van der Waals surface area contributed by atoms with Crippen LogP contribution < -0.4 is 0 Å². The zero-order valence-corrected chi connectivity index (χ0v) is 8.05. The van der Waals surface area contributed by atoms with Gasteiger partial charge < -0.3 is 9.94 Å². The van der Waals surface area contributed by atoms with Crippen LogP contribution in [0.2, 0.25) is 0 Å². The fraction of sp³-hybridized carbons (Fsp3) is 0.750. The number of oxime groups is 1. The summed E-state index contributed by atoms with van der Waals surface area (Å²) >= 11 is 0. The van der Waals surface area contributed by atoms with Gasteiger partial charge in [0.2, 0.25) is 0 Å². The lowest BCUT2D eigenvalue weighted by Gasteiger charge is -2.34. The van der Waals surface area contributed by atoms with Crippen LogP contribution in [-0.4, -0.2) is 40.5 Å². The maximum absolute atomic E-state index is 10.7. The molecule has 0 aliphatic carbocycles. The molecule has 1 fully saturated rings. The highest BCUT2D eigenvalue weighted by Crippen LogP contribution is 2.33. The number of hydrogen-bond donors (Lipinski definition) is 1. The zero-order chi connectivity index (χ0) is 10.9. The van der Waals surface area contributed by atoms with Gasteiger partial charge in [0.1, 0.15) is 0 Å². The molecule has 7 heteroatoms. The minimum atomic E-state index is -1.07. The number of carboxylic acids is 1. The van der Waals surface area contributed by atoms with Gasteiger partial charge in [-0.15, -0.1) is 4.91 Å². The van der Waals surface area contributed by atoms with Crippen molar-refractivity contribution in [3.8, 4) is 0 Å². The van der Waals surface area contributed by atoms with E-state index < -0.39 is 11.6 Å². The number of rotatable bonds is 2.